The van der Waals surface area contributed by atoms with Crippen LogP contribution in [0.25, 0.3) is 0 Å². The molecule has 86 valence electrons. The Morgan fingerprint density at radius 2 is 2.25 bits per heavy atom. The summed E-state index contributed by atoms with van der Waals surface area (Å²) in [7, 11) is 0. The average Bonchev–Trinajstić information content (AvgIpc) is 2.27. The van der Waals surface area contributed by atoms with Crippen LogP contribution in [0.2, 0.25) is 0 Å². The van der Waals surface area contributed by atoms with Crippen molar-refractivity contribution in [2.45, 2.75) is 32.7 Å². The highest BCUT2D eigenvalue weighted by Crippen LogP contribution is 2.30. The minimum absolute atomic E-state index is 0.0234. The molecule has 1 aliphatic rings. The topological polar surface area (TPSA) is 46.3 Å². The number of carbonyl (C=O) groups excluding carboxylic acids is 1. The van der Waals surface area contributed by atoms with Crippen LogP contribution in [-0.4, -0.2) is 18.5 Å². The third-order valence-corrected chi connectivity index (χ3v) is 3.07. The van der Waals surface area contributed by atoms with E-state index >= 15 is 0 Å². The molecule has 3 heteroatoms. The molecular weight excluding hydrogens is 200 g/mol. The summed E-state index contributed by atoms with van der Waals surface area (Å²) in [6, 6.07) is 5.77. The van der Waals surface area contributed by atoms with Crippen LogP contribution in [0.5, 0.6) is 0 Å². The van der Waals surface area contributed by atoms with Crippen molar-refractivity contribution < 1.29 is 4.79 Å². The summed E-state index contributed by atoms with van der Waals surface area (Å²) < 4.78 is 0. The number of nitrogens with zero attached hydrogens (tertiary/aromatic N) is 1. The summed E-state index contributed by atoms with van der Waals surface area (Å²) in [4.78, 5) is 13.9. The molecule has 1 aliphatic heterocycles. The zero-order valence-electron chi connectivity index (χ0n) is 9.86. The molecule has 16 heavy (non-hydrogen) atoms. The van der Waals surface area contributed by atoms with Gasteiger partial charge in [-0.1, -0.05) is 18.2 Å². The first kappa shape index (κ1) is 11.1. The lowest BCUT2D eigenvalue weighted by Crippen LogP contribution is -2.44. The first-order valence-electron chi connectivity index (χ1n) is 5.76. The number of hydrogen-bond donors (Lipinski definition) is 1. The summed E-state index contributed by atoms with van der Waals surface area (Å²) in [5.41, 5.74) is 9.19. The Balaban J connectivity index is 2.43. The second kappa shape index (κ2) is 4.26. The summed E-state index contributed by atoms with van der Waals surface area (Å²) in [6.07, 6.45) is 2.08. The zero-order valence-corrected chi connectivity index (χ0v) is 9.86. The Hall–Kier alpha value is -1.35. The molecule has 0 aliphatic carbocycles. The maximum absolute atomic E-state index is 12.0. The number of carbonyl (C=O) groups is 1. The smallest absolute Gasteiger partial charge is 0.243 e. The predicted molar refractivity (Wildman–Crippen MR) is 65.5 cm³/mol. The monoisotopic (exact) mass is 218 g/mol. The number of amides is 1. The van der Waals surface area contributed by atoms with E-state index < -0.39 is 6.04 Å². The largest absolute Gasteiger partial charge is 0.320 e. The molecule has 1 aromatic carbocycles. The van der Waals surface area contributed by atoms with E-state index in [1.54, 1.807) is 6.92 Å². The second-order valence-corrected chi connectivity index (χ2v) is 4.46. The minimum atomic E-state index is -0.425. The van der Waals surface area contributed by atoms with Crippen molar-refractivity contribution in [3.05, 3.63) is 29.3 Å². The molecule has 0 saturated carbocycles. The predicted octanol–water partition coefficient (Wildman–Crippen LogP) is 1.62. The third-order valence-electron chi connectivity index (χ3n) is 3.07. The summed E-state index contributed by atoms with van der Waals surface area (Å²) in [6.45, 7) is 4.58. The highest BCUT2D eigenvalue weighted by Gasteiger charge is 2.25. The van der Waals surface area contributed by atoms with Crippen LogP contribution in [0, 0.1) is 6.92 Å². The van der Waals surface area contributed by atoms with Gasteiger partial charge in [-0.25, -0.2) is 0 Å². The molecule has 0 bridgehead atoms. The van der Waals surface area contributed by atoms with Crippen LogP contribution in [-0.2, 0) is 11.2 Å². The molecule has 1 heterocycles. The molecule has 0 saturated heterocycles. The van der Waals surface area contributed by atoms with Gasteiger partial charge in [0, 0.05) is 12.2 Å². The summed E-state index contributed by atoms with van der Waals surface area (Å²) >= 11 is 0. The van der Waals surface area contributed by atoms with Gasteiger partial charge in [-0.3, -0.25) is 4.79 Å². The molecule has 0 aromatic heterocycles. The van der Waals surface area contributed by atoms with Gasteiger partial charge in [0.1, 0.15) is 0 Å². The van der Waals surface area contributed by atoms with Crippen LogP contribution >= 0.6 is 0 Å². The van der Waals surface area contributed by atoms with E-state index in [2.05, 4.69) is 6.07 Å². The summed E-state index contributed by atoms with van der Waals surface area (Å²) in [5.74, 6) is 0.0234. The van der Waals surface area contributed by atoms with Crippen LogP contribution in [0.4, 0.5) is 5.69 Å². The first-order valence-corrected chi connectivity index (χ1v) is 5.76. The fourth-order valence-corrected chi connectivity index (χ4v) is 2.31. The van der Waals surface area contributed by atoms with Gasteiger partial charge in [-0.15, -0.1) is 0 Å². The fraction of sp³-hybridized carbons (Fsp3) is 0.462. The van der Waals surface area contributed by atoms with E-state index in [1.807, 2.05) is 24.0 Å². The van der Waals surface area contributed by atoms with E-state index in [-0.39, 0.29) is 5.91 Å². The molecule has 0 spiro atoms. The standard InChI is InChI=1S/C13H18N2O/c1-9-5-3-6-11-7-4-8-15(12(9)11)13(16)10(2)14/h3,5-6,10H,4,7-8,14H2,1-2H3/t10-/m0/s1. The van der Waals surface area contributed by atoms with Crippen molar-refractivity contribution in [1.82, 2.24) is 0 Å². The Bertz CT molecular complexity index is 412. The molecular formula is C13H18N2O. The number of aryl methyl sites for hydroxylation is 2. The maximum atomic E-state index is 12.0. The molecule has 2 rings (SSSR count). The van der Waals surface area contributed by atoms with Crippen LogP contribution < -0.4 is 10.6 Å². The molecule has 1 atom stereocenters. The van der Waals surface area contributed by atoms with E-state index in [0.29, 0.717) is 0 Å². The zero-order chi connectivity index (χ0) is 11.7. The van der Waals surface area contributed by atoms with Gasteiger partial charge in [-0.05, 0) is 37.8 Å². The minimum Gasteiger partial charge on any atom is -0.320 e. The number of hydrogen-bond acceptors (Lipinski definition) is 2. The number of benzene rings is 1. The molecule has 3 nitrogen and oxygen atoms in total. The second-order valence-electron chi connectivity index (χ2n) is 4.46. The van der Waals surface area contributed by atoms with E-state index in [0.717, 1.165) is 30.6 Å². The maximum Gasteiger partial charge on any atom is 0.243 e. The average molecular weight is 218 g/mol. The lowest BCUT2D eigenvalue weighted by molar-refractivity contribution is -0.119. The van der Waals surface area contributed by atoms with Gasteiger partial charge in [0.2, 0.25) is 5.91 Å². The van der Waals surface area contributed by atoms with Crippen molar-refractivity contribution >= 4 is 11.6 Å². The van der Waals surface area contributed by atoms with E-state index in [4.69, 9.17) is 5.73 Å². The van der Waals surface area contributed by atoms with Crippen LogP contribution in [0.15, 0.2) is 18.2 Å². The van der Waals surface area contributed by atoms with Gasteiger partial charge in [0.15, 0.2) is 0 Å². The van der Waals surface area contributed by atoms with Gasteiger partial charge < -0.3 is 10.6 Å². The Labute approximate surface area is 96.2 Å². The van der Waals surface area contributed by atoms with Crippen LogP contribution in [0.1, 0.15) is 24.5 Å². The van der Waals surface area contributed by atoms with Crippen molar-refractivity contribution in [3.8, 4) is 0 Å². The van der Waals surface area contributed by atoms with Gasteiger partial charge in [-0.2, -0.15) is 0 Å². The lowest BCUT2D eigenvalue weighted by Gasteiger charge is -2.32. The highest BCUT2D eigenvalue weighted by molar-refractivity contribution is 5.98. The molecule has 1 amide bonds. The number of rotatable bonds is 1. The third kappa shape index (κ3) is 1.83. The summed E-state index contributed by atoms with van der Waals surface area (Å²) in [5, 5.41) is 0. The molecule has 0 fully saturated rings. The van der Waals surface area contributed by atoms with Crippen molar-refractivity contribution in [2.75, 3.05) is 11.4 Å². The Kier molecular flexibility index (Phi) is 2.97. The lowest BCUT2D eigenvalue weighted by atomic mass is 9.98. The van der Waals surface area contributed by atoms with Crippen molar-refractivity contribution in [3.63, 3.8) is 0 Å². The number of anilines is 1. The molecule has 0 radical (unpaired) electrons. The Morgan fingerprint density at radius 3 is 2.94 bits per heavy atom. The van der Waals surface area contributed by atoms with Crippen molar-refractivity contribution in [2.24, 2.45) is 5.73 Å². The van der Waals surface area contributed by atoms with E-state index in [1.165, 1.54) is 5.56 Å². The van der Waals surface area contributed by atoms with Crippen molar-refractivity contribution in [1.29, 1.82) is 0 Å². The van der Waals surface area contributed by atoms with E-state index in [9.17, 15) is 4.79 Å². The van der Waals surface area contributed by atoms with Crippen LogP contribution in [0.3, 0.4) is 0 Å². The highest BCUT2D eigenvalue weighted by atomic mass is 16.2. The van der Waals surface area contributed by atoms with Gasteiger partial charge >= 0.3 is 0 Å². The molecule has 1 aromatic rings. The fourth-order valence-electron chi connectivity index (χ4n) is 2.31. The SMILES string of the molecule is Cc1cccc2c1N(C(=O)[C@H](C)N)CCC2. The molecule has 0 unspecified atom stereocenters. The quantitative estimate of drug-likeness (QED) is 0.778. The normalized spacial score (nSPS) is 16.8. The number of nitrogens with two attached hydrogens (primary N) is 1. The molecule has 2 N–H and O–H groups in total. The number of para-hydroxylation sites is 1. The Morgan fingerprint density at radius 1 is 1.50 bits per heavy atom. The first-order chi connectivity index (χ1) is 7.61. The van der Waals surface area contributed by atoms with Gasteiger partial charge in [0.05, 0.1) is 6.04 Å². The number of fused-ring (bicyclic) bond motifs is 1. The van der Waals surface area contributed by atoms with Gasteiger partial charge in [0.25, 0.3) is 0 Å².